The van der Waals surface area contributed by atoms with Crippen LogP contribution in [-0.4, -0.2) is 49.3 Å². The van der Waals surface area contributed by atoms with Crippen LogP contribution in [0.15, 0.2) is 0 Å². The second-order valence-electron chi connectivity index (χ2n) is 3.97. The van der Waals surface area contributed by atoms with Gasteiger partial charge in [-0.1, -0.05) is 6.42 Å². The third-order valence-corrected chi connectivity index (χ3v) is 5.62. The first kappa shape index (κ1) is 16.6. The van der Waals surface area contributed by atoms with Gasteiger partial charge in [0, 0.05) is 13.1 Å². The summed E-state index contributed by atoms with van der Waals surface area (Å²) in [4.78, 5) is 0. The van der Waals surface area contributed by atoms with Crippen LogP contribution in [-0.2, 0) is 20.1 Å². The van der Waals surface area contributed by atoms with Gasteiger partial charge in [-0.15, -0.1) is 0 Å². The van der Waals surface area contributed by atoms with Crippen molar-refractivity contribution in [2.24, 2.45) is 0 Å². The smallest absolute Gasteiger partial charge is 0.281 e. The molecule has 0 radical (unpaired) electrons. The molecule has 0 saturated carbocycles. The normalized spacial score (nSPS) is 20.5. The van der Waals surface area contributed by atoms with Crippen LogP contribution < -0.4 is 0 Å². The first-order chi connectivity index (χ1) is 8.36. The number of nitrogens with zero attached hydrogens (tertiary/aromatic N) is 1. The monoisotopic (exact) mass is 329 g/mol. The van der Waals surface area contributed by atoms with Crippen LogP contribution in [0.3, 0.4) is 0 Å². The molecule has 0 atom stereocenters. The molecule has 0 amide bonds. The van der Waals surface area contributed by atoms with Crippen LogP contribution in [0.2, 0.25) is 0 Å². The lowest BCUT2D eigenvalue weighted by atomic mass is 10.2. The van der Waals surface area contributed by atoms with Gasteiger partial charge < -0.3 is 0 Å². The molecule has 1 saturated heterocycles. The molecule has 1 N–H and O–H groups in total. The van der Waals surface area contributed by atoms with Crippen molar-refractivity contribution < 1.29 is 39.0 Å². The largest absolute Gasteiger partial charge is 0.448 e. The predicted octanol–water partition coefficient (Wildman–Crippen LogP) is 0.876. The van der Waals surface area contributed by atoms with Crippen LogP contribution >= 0.6 is 0 Å². The highest BCUT2D eigenvalue weighted by Gasteiger charge is 2.74. The molecule has 0 unspecified atom stereocenters. The molecule has 0 aromatic rings. The summed E-state index contributed by atoms with van der Waals surface area (Å²) in [5.74, 6) is 0. The minimum Gasteiger partial charge on any atom is -0.281 e. The molecule has 0 aliphatic carbocycles. The zero-order valence-corrected chi connectivity index (χ0v) is 11.0. The molecule has 0 aromatic carbocycles. The average molecular weight is 329 g/mol. The highest BCUT2D eigenvalue weighted by atomic mass is 32.2. The highest BCUT2D eigenvalue weighted by molar-refractivity contribution is 7.93. The van der Waals surface area contributed by atoms with Gasteiger partial charge in [0.1, 0.15) is 0 Å². The van der Waals surface area contributed by atoms with Crippen LogP contribution in [0.5, 0.6) is 0 Å². The molecule has 0 spiro atoms. The summed E-state index contributed by atoms with van der Waals surface area (Å²) in [5, 5.41) is -12.1. The van der Waals surface area contributed by atoms with Crippen LogP contribution in [0.4, 0.5) is 17.6 Å². The highest BCUT2D eigenvalue weighted by Crippen LogP contribution is 2.44. The maximum Gasteiger partial charge on any atom is 0.448 e. The number of hydrogen-bond donors (Lipinski definition) is 1. The summed E-state index contributed by atoms with van der Waals surface area (Å²) in [7, 11) is -12.5. The lowest BCUT2D eigenvalue weighted by Crippen LogP contribution is -2.57. The van der Waals surface area contributed by atoms with Crippen molar-refractivity contribution in [2.45, 2.75) is 29.8 Å². The van der Waals surface area contributed by atoms with E-state index in [2.05, 4.69) is 0 Å². The molecule has 1 fully saturated rings. The molecule has 12 heteroatoms. The van der Waals surface area contributed by atoms with E-state index in [1.807, 2.05) is 0 Å². The zero-order chi connectivity index (χ0) is 15.1. The van der Waals surface area contributed by atoms with E-state index in [1.54, 1.807) is 0 Å². The number of halogens is 4. The van der Waals surface area contributed by atoms with Crippen molar-refractivity contribution in [1.29, 1.82) is 0 Å². The minimum absolute atomic E-state index is 0.107. The number of rotatable bonds is 4. The van der Waals surface area contributed by atoms with Gasteiger partial charge in [-0.05, 0) is 12.8 Å². The Morgan fingerprint density at radius 2 is 1.26 bits per heavy atom. The SMILES string of the molecule is O=S(=O)(O)C(F)(F)C(F)(F)S(=O)(=O)N1CCCCC1. The third kappa shape index (κ3) is 2.58. The molecule has 0 aromatic heterocycles. The molecule has 1 aliphatic heterocycles. The van der Waals surface area contributed by atoms with Gasteiger partial charge in [-0.2, -0.15) is 30.3 Å². The quantitative estimate of drug-likeness (QED) is 0.610. The molecule has 1 heterocycles. The molecule has 6 nitrogen and oxygen atoms in total. The first-order valence-electron chi connectivity index (χ1n) is 5.08. The van der Waals surface area contributed by atoms with Crippen molar-refractivity contribution in [1.82, 2.24) is 4.31 Å². The molecule has 1 aliphatic rings. The zero-order valence-electron chi connectivity index (χ0n) is 9.39. The van der Waals surface area contributed by atoms with E-state index < -0.39 is 43.7 Å². The maximum atomic E-state index is 13.3. The van der Waals surface area contributed by atoms with Gasteiger partial charge in [0.15, 0.2) is 0 Å². The van der Waals surface area contributed by atoms with Crippen molar-refractivity contribution in [3.8, 4) is 0 Å². The van der Waals surface area contributed by atoms with Gasteiger partial charge in [-0.3, -0.25) is 4.55 Å². The van der Waals surface area contributed by atoms with Gasteiger partial charge in [0.2, 0.25) is 0 Å². The van der Waals surface area contributed by atoms with Gasteiger partial charge >= 0.3 is 20.6 Å². The first-order valence-corrected chi connectivity index (χ1v) is 7.96. The van der Waals surface area contributed by atoms with E-state index >= 15 is 0 Å². The number of hydrogen-bond acceptors (Lipinski definition) is 4. The fourth-order valence-corrected chi connectivity index (χ4v) is 3.86. The second kappa shape index (κ2) is 4.82. The summed E-state index contributed by atoms with van der Waals surface area (Å²) in [6, 6.07) is 0. The van der Waals surface area contributed by atoms with Crippen LogP contribution in [0.25, 0.3) is 0 Å². The Labute approximate surface area is 107 Å². The van der Waals surface area contributed by atoms with E-state index in [9.17, 15) is 34.4 Å². The average Bonchev–Trinajstić information content (AvgIpc) is 2.28. The van der Waals surface area contributed by atoms with Crippen LogP contribution in [0, 0.1) is 0 Å². The van der Waals surface area contributed by atoms with E-state index in [-0.39, 0.29) is 17.1 Å². The number of alkyl halides is 4. The molecular formula is C7H11F4NO5S2. The van der Waals surface area contributed by atoms with Crippen molar-refractivity contribution >= 4 is 20.1 Å². The van der Waals surface area contributed by atoms with E-state index in [0.717, 1.165) is 0 Å². The Bertz CT molecular complexity index is 538. The molecular weight excluding hydrogens is 318 g/mol. The van der Waals surface area contributed by atoms with Crippen molar-refractivity contribution in [3.63, 3.8) is 0 Å². The Morgan fingerprint density at radius 3 is 1.63 bits per heavy atom. The summed E-state index contributed by atoms with van der Waals surface area (Å²) in [6.45, 7) is -0.807. The Balaban J connectivity index is 3.25. The van der Waals surface area contributed by atoms with Gasteiger partial charge in [0.25, 0.3) is 10.0 Å². The molecule has 114 valence electrons. The minimum atomic E-state index is -6.57. The van der Waals surface area contributed by atoms with Gasteiger partial charge in [0.05, 0.1) is 0 Å². The standard InChI is InChI=1S/C7H11F4NO5S2/c8-6(9,7(10,11)19(15,16)17)18(13,14)12-4-2-1-3-5-12/h1-5H2,(H,15,16,17). The van der Waals surface area contributed by atoms with E-state index in [4.69, 9.17) is 4.55 Å². The molecule has 0 bridgehead atoms. The lowest BCUT2D eigenvalue weighted by Gasteiger charge is -2.31. The summed E-state index contributed by atoms with van der Waals surface area (Å²) in [6.07, 6.45) is 0.950. The van der Waals surface area contributed by atoms with Gasteiger partial charge in [-0.25, -0.2) is 8.42 Å². The van der Waals surface area contributed by atoms with Crippen molar-refractivity contribution in [2.75, 3.05) is 13.1 Å². The lowest BCUT2D eigenvalue weighted by molar-refractivity contribution is -0.104. The topological polar surface area (TPSA) is 91.7 Å². The fourth-order valence-electron chi connectivity index (χ4n) is 1.57. The predicted molar refractivity (Wildman–Crippen MR) is 55.8 cm³/mol. The van der Waals surface area contributed by atoms with E-state index in [0.29, 0.717) is 6.42 Å². The molecule has 19 heavy (non-hydrogen) atoms. The Hall–Kier alpha value is -0.460. The Kier molecular flexibility index (Phi) is 4.21. The van der Waals surface area contributed by atoms with Crippen molar-refractivity contribution in [3.05, 3.63) is 0 Å². The Morgan fingerprint density at radius 1 is 0.842 bits per heavy atom. The third-order valence-electron chi connectivity index (χ3n) is 2.64. The second-order valence-corrected chi connectivity index (χ2v) is 7.42. The number of piperidine rings is 1. The van der Waals surface area contributed by atoms with E-state index in [1.165, 1.54) is 0 Å². The fraction of sp³-hybridized carbons (Fsp3) is 1.00. The summed E-state index contributed by atoms with van der Waals surface area (Å²) in [5.41, 5.74) is 0. The molecule has 1 rings (SSSR count). The maximum absolute atomic E-state index is 13.3. The number of sulfonamides is 1. The summed E-state index contributed by atoms with van der Waals surface area (Å²) < 4.78 is 104. The summed E-state index contributed by atoms with van der Waals surface area (Å²) >= 11 is 0. The van der Waals surface area contributed by atoms with Crippen LogP contribution in [0.1, 0.15) is 19.3 Å².